The van der Waals surface area contributed by atoms with Crippen molar-refractivity contribution in [1.82, 2.24) is 0 Å². The van der Waals surface area contributed by atoms with Gasteiger partial charge < -0.3 is 10.0 Å². The number of hydrogen-bond acceptors (Lipinski definition) is 2. The highest BCUT2D eigenvalue weighted by atomic mass is 19.4. The molecule has 1 atom stereocenters. The molecule has 1 aliphatic heterocycles. The van der Waals surface area contributed by atoms with Crippen molar-refractivity contribution in [3.63, 3.8) is 0 Å². The molecule has 1 aromatic carbocycles. The maximum absolute atomic E-state index is 13.1. The van der Waals surface area contributed by atoms with Crippen molar-refractivity contribution >= 4 is 11.6 Å². The molecule has 1 amide bonds. The standard InChI is InChI=1S/C13H14F3NO2/c1-11(2,3)17-9-7-5-4-6-8(9)12(19,10(17)18)13(14,15)16/h4-7,19H,1-3H3. The van der Waals surface area contributed by atoms with Crippen LogP contribution in [-0.2, 0) is 10.4 Å². The topological polar surface area (TPSA) is 40.5 Å². The second-order valence-electron chi connectivity index (χ2n) is 5.54. The van der Waals surface area contributed by atoms with Gasteiger partial charge in [-0.05, 0) is 26.8 Å². The monoisotopic (exact) mass is 273 g/mol. The zero-order valence-electron chi connectivity index (χ0n) is 10.7. The highest BCUT2D eigenvalue weighted by Crippen LogP contribution is 2.51. The average Bonchev–Trinajstić information content (AvgIpc) is 2.48. The van der Waals surface area contributed by atoms with Crippen molar-refractivity contribution in [3.8, 4) is 0 Å². The Morgan fingerprint density at radius 2 is 1.68 bits per heavy atom. The Balaban J connectivity index is 2.74. The number of halogens is 3. The molecule has 1 aromatic rings. The van der Waals surface area contributed by atoms with Gasteiger partial charge in [0.1, 0.15) is 0 Å². The molecule has 1 aliphatic rings. The molecule has 0 fully saturated rings. The van der Waals surface area contributed by atoms with Gasteiger partial charge in [-0.3, -0.25) is 4.79 Å². The van der Waals surface area contributed by atoms with Gasteiger partial charge in [0, 0.05) is 11.1 Å². The van der Waals surface area contributed by atoms with Gasteiger partial charge in [0.2, 0.25) is 0 Å². The lowest BCUT2D eigenvalue weighted by atomic mass is 9.95. The molecule has 0 saturated heterocycles. The molecule has 0 aromatic heterocycles. The number of carbonyl (C=O) groups excluding carboxylic acids is 1. The zero-order valence-corrected chi connectivity index (χ0v) is 10.7. The van der Waals surface area contributed by atoms with Crippen molar-refractivity contribution in [2.24, 2.45) is 0 Å². The summed E-state index contributed by atoms with van der Waals surface area (Å²) in [5.74, 6) is -1.35. The fraction of sp³-hybridized carbons (Fsp3) is 0.462. The summed E-state index contributed by atoms with van der Waals surface area (Å²) in [6, 6.07) is 5.44. The summed E-state index contributed by atoms with van der Waals surface area (Å²) in [7, 11) is 0. The minimum Gasteiger partial charge on any atom is -0.368 e. The molecular formula is C13H14F3NO2. The Kier molecular flexibility index (Phi) is 2.72. The number of hydrogen-bond donors (Lipinski definition) is 1. The van der Waals surface area contributed by atoms with Gasteiger partial charge >= 0.3 is 6.18 Å². The molecule has 0 aliphatic carbocycles. The van der Waals surface area contributed by atoms with E-state index in [9.17, 15) is 23.1 Å². The third-order valence-electron chi connectivity index (χ3n) is 3.13. The van der Waals surface area contributed by atoms with Gasteiger partial charge in [-0.15, -0.1) is 0 Å². The second kappa shape index (κ2) is 3.72. The van der Waals surface area contributed by atoms with E-state index < -0.39 is 28.8 Å². The smallest absolute Gasteiger partial charge is 0.368 e. The third-order valence-corrected chi connectivity index (χ3v) is 3.13. The van der Waals surface area contributed by atoms with Crippen LogP contribution in [0.4, 0.5) is 18.9 Å². The minimum atomic E-state index is -5.06. The Morgan fingerprint density at radius 3 is 2.16 bits per heavy atom. The lowest BCUT2D eigenvalue weighted by molar-refractivity contribution is -0.253. The van der Waals surface area contributed by atoms with Crippen LogP contribution >= 0.6 is 0 Å². The summed E-state index contributed by atoms with van der Waals surface area (Å²) >= 11 is 0. The summed E-state index contributed by atoms with van der Waals surface area (Å²) in [6.07, 6.45) is -5.06. The van der Waals surface area contributed by atoms with Gasteiger partial charge in [-0.2, -0.15) is 13.2 Å². The molecule has 0 saturated carbocycles. The average molecular weight is 273 g/mol. The Bertz CT molecular complexity index is 533. The molecule has 1 N–H and O–H groups in total. The van der Waals surface area contributed by atoms with Gasteiger partial charge in [0.25, 0.3) is 11.5 Å². The highest BCUT2D eigenvalue weighted by molar-refractivity contribution is 6.08. The predicted octanol–water partition coefficient (Wildman–Crippen LogP) is 2.58. The molecule has 1 heterocycles. The number of para-hydroxylation sites is 1. The van der Waals surface area contributed by atoms with Crippen LogP contribution in [0.25, 0.3) is 0 Å². The van der Waals surface area contributed by atoms with E-state index in [0.717, 1.165) is 11.0 Å². The van der Waals surface area contributed by atoms with Crippen molar-refractivity contribution in [2.75, 3.05) is 4.90 Å². The van der Waals surface area contributed by atoms with Crippen molar-refractivity contribution in [3.05, 3.63) is 29.8 Å². The van der Waals surface area contributed by atoms with Crippen LogP contribution in [0.2, 0.25) is 0 Å². The number of alkyl halides is 3. The molecule has 0 spiro atoms. The number of aliphatic hydroxyl groups is 1. The molecule has 1 unspecified atom stereocenters. The maximum Gasteiger partial charge on any atom is 0.430 e. The molecular weight excluding hydrogens is 259 g/mol. The van der Waals surface area contributed by atoms with Crippen molar-refractivity contribution in [2.45, 2.75) is 38.1 Å². The van der Waals surface area contributed by atoms with Gasteiger partial charge in [0.05, 0.1) is 5.69 Å². The Labute approximate surface area is 108 Å². The summed E-state index contributed by atoms with van der Waals surface area (Å²) < 4.78 is 39.4. The second-order valence-corrected chi connectivity index (χ2v) is 5.54. The molecule has 3 nitrogen and oxygen atoms in total. The number of nitrogens with zero attached hydrogens (tertiary/aromatic N) is 1. The van der Waals surface area contributed by atoms with Gasteiger partial charge in [-0.25, -0.2) is 0 Å². The first-order chi connectivity index (χ1) is 8.51. The molecule has 6 heteroatoms. The third kappa shape index (κ3) is 1.74. The minimum absolute atomic E-state index is 0.0971. The van der Waals surface area contributed by atoms with E-state index in [1.807, 2.05) is 0 Å². The summed E-state index contributed by atoms with van der Waals surface area (Å²) in [6.45, 7) is 4.84. The van der Waals surface area contributed by atoms with Crippen molar-refractivity contribution < 1.29 is 23.1 Å². The largest absolute Gasteiger partial charge is 0.430 e. The van der Waals surface area contributed by atoms with Crippen LogP contribution in [0.3, 0.4) is 0 Å². The number of carbonyl (C=O) groups is 1. The lowest BCUT2D eigenvalue weighted by Gasteiger charge is -2.34. The maximum atomic E-state index is 13.1. The molecule has 0 radical (unpaired) electrons. The first-order valence-corrected chi connectivity index (χ1v) is 5.74. The Morgan fingerprint density at radius 1 is 1.16 bits per heavy atom. The van der Waals surface area contributed by atoms with E-state index in [0.29, 0.717) is 0 Å². The number of rotatable bonds is 0. The highest BCUT2D eigenvalue weighted by Gasteiger charge is 2.67. The first-order valence-electron chi connectivity index (χ1n) is 5.74. The predicted molar refractivity (Wildman–Crippen MR) is 63.6 cm³/mol. The fourth-order valence-electron chi connectivity index (χ4n) is 2.30. The number of fused-ring (bicyclic) bond motifs is 1. The van der Waals surface area contributed by atoms with E-state index in [2.05, 4.69) is 0 Å². The van der Waals surface area contributed by atoms with Crippen LogP contribution in [0, 0.1) is 0 Å². The molecule has 2 rings (SSSR count). The summed E-state index contributed by atoms with van der Waals surface area (Å²) in [4.78, 5) is 13.1. The normalized spacial score (nSPS) is 23.7. The molecule has 104 valence electrons. The number of anilines is 1. The molecule has 19 heavy (non-hydrogen) atoms. The zero-order chi connectivity index (χ0) is 14.6. The molecule has 0 bridgehead atoms. The van der Waals surface area contributed by atoms with Gasteiger partial charge in [-0.1, -0.05) is 18.2 Å². The SMILES string of the molecule is CC(C)(C)N1C(=O)C(O)(C(F)(F)F)c2ccccc21. The van der Waals surface area contributed by atoms with Crippen LogP contribution < -0.4 is 4.90 Å². The number of amides is 1. The number of benzene rings is 1. The van der Waals surface area contributed by atoms with E-state index in [4.69, 9.17) is 0 Å². The van der Waals surface area contributed by atoms with Gasteiger partial charge in [0.15, 0.2) is 0 Å². The fourth-order valence-corrected chi connectivity index (χ4v) is 2.30. The first kappa shape index (κ1) is 13.9. The van der Waals surface area contributed by atoms with E-state index >= 15 is 0 Å². The van der Waals surface area contributed by atoms with Crippen LogP contribution in [0.5, 0.6) is 0 Å². The van der Waals surface area contributed by atoms with Crippen molar-refractivity contribution in [1.29, 1.82) is 0 Å². The summed E-state index contributed by atoms with van der Waals surface area (Å²) in [5.41, 5.74) is -4.64. The van der Waals surface area contributed by atoms with Crippen LogP contribution in [0.1, 0.15) is 26.3 Å². The van der Waals surface area contributed by atoms with E-state index in [1.54, 1.807) is 20.8 Å². The quantitative estimate of drug-likeness (QED) is 0.789. The van der Waals surface area contributed by atoms with E-state index in [1.165, 1.54) is 18.2 Å². The summed E-state index contributed by atoms with van der Waals surface area (Å²) in [5, 5.41) is 9.97. The van der Waals surface area contributed by atoms with Crippen LogP contribution in [-0.4, -0.2) is 22.7 Å². The van der Waals surface area contributed by atoms with E-state index in [-0.39, 0.29) is 5.69 Å². The lowest BCUT2D eigenvalue weighted by Crippen LogP contribution is -2.54. The van der Waals surface area contributed by atoms with Crippen LogP contribution in [0.15, 0.2) is 24.3 Å². The Hall–Kier alpha value is -1.56.